The highest BCUT2D eigenvalue weighted by Gasteiger charge is 2.29. The molecule has 0 aliphatic heterocycles. The molecular formula is C18H22O2. The van der Waals surface area contributed by atoms with E-state index in [-0.39, 0.29) is 0 Å². The van der Waals surface area contributed by atoms with E-state index in [2.05, 4.69) is 0 Å². The van der Waals surface area contributed by atoms with E-state index in [9.17, 15) is 5.11 Å². The van der Waals surface area contributed by atoms with E-state index >= 15 is 0 Å². The largest absolute Gasteiger partial charge is 0.496 e. The Balaban J connectivity index is 2.59. The van der Waals surface area contributed by atoms with Crippen molar-refractivity contribution in [2.45, 2.75) is 33.3 Å². The van der Waals surface area contributed by atoms with Gasteiger partial charge < -0.3 is 9.84 Å². The Morgan fingerprint density at radius 1 is 0.950 bits per heavy atom. The molecule has 20 heavy (non-hydrogen) atoms. The molecule has 2 aromatic carbocycles. The number of aliphatic hydroxyl groups is 1. The minimum Gasteiger partial charge on any atom is -0.496 e. The van der Waals surface area contributed by atoms with Gasteiger partial charge in [-0.3, -0.25) is 0 Å². The highest BCUT2D eigenvalue weighted by atomic mass is 16.5. The molecule has 0 aliphatic rings. The summed E-state index contributed by atoms with van der Waals surface area (Å²) in [4.78, 5) is 0. The minimum atomic E-state index is -1.07. The normalized spacial score (nSPS) is 13.9. The number of ether oxygens (including phenoxy) is 1. The Kier molecular flexibility index (Phi) is 3.87. The zero-order chi connectivity index (χ0) is 14.9. The number of benzene rings is 2. The molecule has 0 radical (unpaired) electrons. The Bertz CT molecular complexity index is 610. The second-order valence-electron chi connectivity index (χ2n) is 5.53. The van der Waals surface area contributed by atoms with Crippen molar-refractivity contribution in [3.05, 3.63) is 64.2 Å². The third-order valence-corrected chi connectivity index (χ3v) is 4.02. The van der Waals surface area contributed by atoms with Crippen LogP contribution in [0.2, 0.25) is 0 Å². The summed E-state index contributed by atoms with van der Waals surface area (Å²) >= 11 is 0. The van der Waals surface area contributed by atoms with Gasteiger partial charge in [0.1, 0.15) is 11.4 Å². The minimum absolute atomic E-state index is 0.760. The Labute approximate surface area is 121 Å². The molecular weight excluding hydrogens is 248 g/mol. The fourth-order valence-corrected chi connectivity index (χ4v) is 2.47. The van der Waals surface area contributed by atoms with Crippen molar-refractivity contribution in [3.8, 4) is 5.75 Å². The van der Waals surface area contributed by atoms with E-state index in [4.69, 9.17) is 4.74 Å². The Hall–Kier alpha value is -1.80. The lowest BCUT2D eigenvalue weighted by atomic mass is 9.85. The van der Waals surface area contributed by atoms with Gasteiger partial charge in [0.05, 0.1) is 7.11 Å². The molecule has 0 aromatic heterocycles. The van der Waals surface area contributed by atoms with Gasteiger partial charge in [-0.15, -0.1) is 0 Å². The average Bonchev–Trinajstić information content (AvgIpc) is 2.42. The van der Waals surface area contributed by atoms with Gasteiger partial charge in [0.2, 0.25) is 0 Å². The molecule has 106 valence electrons. The van der Waals surface area contributed by atoms with Crippen molar-refractivity contribution in [1.29, 1.82) is 0 Å². The molecule has 2 aromatic rings. The van der Waals surface area contributed by atoms with Crippen LogP contribution in [-0.2, 0) is 5.60 Å². The first-order chi connectivity index (χ1) is 9.37. The quantitative estimate of drug-likeness (QED) is 0.917. The number of methoxy groups -OCH3 is 1. The molecule has 0 fully saturated rings. The lowest BCUT2D eigenvalue weighted by Gasteiger charge is -2.28. The summed E-state index contributed by atoms with van der Waals surface area (Å²) in [6.45, 7) is 7.91. The van der Waals surface area contributed by atoms with Crippen LogP contribution >= 0.6 is 0 Å². The molecule has 0 amide bonds. The monoisotopic (exact) mass is 270 g/mol. The van der Waals surface area contributed by atoms with Crippen LogP contribution in [0.1, 0.15) is 34.7 Å². The van der Waals surface area contributed by atoms with Gasteiger partial charge in [0, 0.05) is 5.56 Å². The maximum Gasteiger partial charge on any atom is 0.128 e. The van der Waals surface area contributed by atoms with Crippen LogP contribution in [0.15, 0.2) is 36.4 Å². The summed E-state index contributed by atoms with van der Waals surface area (Å²) in [6.07, 6.45) is 0. The SMILES string of the molecule is COc1c(C(C)(O)c2ccc(C)cc2)ccc(C)c1C. The highest BCUT2D eigenvalue weighted by molar-refractivity contribution is 5.51. The summed E-state index contributed by atoms with van der Waals surface area (Å²) in [7, 11) is 1.65. The molecule has 0 aliphatic carbocycles. The zero-order valence-corrected chi connectivity index (χ0v) is 12.8. The van der Waals surface area contributed by atoms with Crippen LogP contribution in [0.5, 0.6) is 5.75 Å². The Morgan fingerprint density at radius 2 is 1.55 bits per heavy atom. The molecule has 1 unspecified atom stereocenters. The molecule has 0 bridgehead atoms. The van der Waals surface area contributed by atoms with Gasteiger partial charge in [-0.1, -0.05) is 42.0 Å². The smallest absolute Gasteiger partial charge is 0.128 e. The topological polar surface area (TPSA) is 29.5 Å². The van der Waals surface area contributed by atoms with E-state index in [1.165, 1.54) is 5.56 Å². The maximum atomic E-state index is 11.0. The lowest BCUT2D eigenvalue weighted by Crippen LogP contribution is -2.24. The predicted octanol–water partition coefficient (Wildman–Crippen LogP) is 3.88. The second kappa shape index (κ2) is 5.29. The molecule has 2 rings (SSSR count). The van der Waals surface area contributed by atoms with Crippen molar-refractivity contribution < 1.29 is 9.84 Å². The van der Waals surface area contributed by atoms with Crippen molar-refractivity contribution >= 4 is 0 Å². The van der Waals surface area contributed by atoms with E-state index in [0.29, 0.717) is 0 Å². The molecule has 2 nitrogen and oxygen atoms in total. The fourth-order valence-electron chi connectivity index (χ4n) is 2.47. The summed E-state index contributed by atoms with van der Waals surface area (Å²) in [5.41, 5.74) is 3.99. The molecule has 0 saturated heterocycles. The van der Waals surface area contributed by atoms with Crippen molar-refractivity contribution in [1.82, 2.24) is 0 Å². The summed E-state index contributed by atoms with van der Waals surface area (Å²) in [5.74, 6) is 0.760. The summed E-state index contributed by atoms with van der Waals surface area (Å²) in [5, 5.41) is 11.0. The molecule has 1 atom stereocenters. The van der Waals surface area contributed by atoms with E-state index < -0.39 is 5.60 Å². The van der Waals surface area contributed by atoms with Gasteiger partial charge in [-0.2, -0.15) is 0 Å². The van der Waals surface area contributed by atoms with Gasteiger partial charge in [0.15, 0.2) is 0 Å². The van der Waals surface area contributed by atoms with Gasteiger partial charge in [-0.05, 0) is 44.4 Å². The van der Waals surface area contributed by atoms with Crippen LogP contribution in [0.3, 0.4) is 0 Å². The highest BCUT2D eigenvalue weighted by Crippen LogP contribution is 2.38. The van der Waals surface area contributed by atoms with Crippen LogP contribution in [0.25, 0.3) is 0 Å². The van der Waals surface area contributed by atoms with E-state index in [1.807, 2.05) is 64.1 Å². The molecule has 0 saturated carbocycles. The van der Waals surface area contributed by atoms with Crippen LogP contribution < -0.4 is 4.74 Å². The van der Waals surface area contributed by atoms with E-state index in [0.717, 1.165) is 28.0 Å². The second-order valence-corrected chi connectivity index (χ2v) is 5.53. The average molecular weight is 270 g/mol. The molecule has 2 heteroatoms. The first-order valence-electron chi connectivity index (χ1n) is 6.82. The van der Waals surface area contributed by atoms with Gasteiger partial charge in [0.25, 0.3) is 0 Å². The first-order valence-corrected chi connectivity index (χ1v) is 6.82. The maximum absolute atomic E-state index is 11.0. The first kappa shape index (κ1) is 14.6. The fraction of sp³-hybridized carbons (Fsp3) is 0.333. The lowest BCUT2D eigenvalue weighted by molar-refractivity contribution is 0.0988. The van der Waals surface area contributed by atoms with Gasteiger partial charge in [-0.25, -0.2) is 0 Å². The standard InChI is InChI=1S/C18H22O2/c1-12-6-9-15(10-7-12)18(4,19)16-11-8-13(2)14(3)17(16)20-5/h6-11,19H,1-5H3. The predicted molar refractivity (Wildman–Crippen MR) is 82.3 cm³/mol. The molecule has 0 spiro atoms. The number of hydrogen-bond acceptors (Lipinski definition) is 2. The van der Waals surface area contributed by atoms with Crippen LogP contribution in [0, 0.1) is 20.8 Å². The van der Waals surface area contributed by atoms with Crippen molar-refractivity contribution in [3.63, 3.8) is 0 Å². The van der Waals surface area contributed by atoms with Gasteiger partial charge >= 0.3 is 0 Å². The van der Waals surface area contributed by atoms with Crippen molar-refractivity contribution in [2.24, 2.45) is 0 Å². The third kappa shape index (κ3) is 2.44. The third-order valence-electron chi connectivity index (χ3n) is 4.02. The van der Waals surface area contributed by atoms with Crippen LogP contribution in [0.4, 0.5) is 0 Å². The molecule has 0 heterocycles. The van der Waals surface area contributed by atoms with E-state index in [1.54, 1.807) is 7.11 Å². The number of rotatable bonds is 3. The zero-order valence-electron chi connectivity index (χ0n) is 12.8. The van der Waals surface area contributed by atoms with Crippen molar-refractivity contribution in [2.75, 3.05) is 7.11 Å². The number of aryl methyl sites for hydroxylation is 2. The number of hydrogen-bond donors (Lipinski definition) is 1. The van der Waals surface area contributed by atoms with Crippen LogP contribution in [-0.4, -0.2) is 12.2 Å². The summed E-state index contributed by atoms with van der Waals surface area (Å²) < 4.78 is 5.53. The summed E-state index contributed by atoms with van der Waals surface area (Å²) in [6, 6.07) is 11.9. The Morgan fingerprint density at radius 3 is 2.10 bits per heavy atom. The molecule has 1 N–H and O–H groups in total.